The van der Waals surface area contributed by atoms with Crippen molar-refractivity contribution in [3.05, 3.63) is 67.1 Å². The highest BCUT2D eigenvalue weighted by atomic mass is 19.1. The summed E-state index contributed by atoms with van der Waals surface area (Å²) in [4.78, 5) is 16.8. The van der Waals surface area contributed by atoms with Crippen LogP contribution < -0.4 is 29.6 Å². The van der Waals surface area contributed by atoms with Crippen molar-refractivity contribution in [2.45, 2.75) is 12.5 Å². The van der Waals surface area contributed by atoms with Gasteiger partial charge in [-0.25, -0.2) is 29.0 Å². The van der Waals surface area contributed by atoms with Gasteiger partial charge in [0.25, 0.3) is 0 Å². The molecule has 0 saturated carbocycles. The molecule has 1 fully saturated rings. The summed E-state index contributed by atoms with van der Waals surface area (Å²) in [5.41, 5.74) is 1.46. The molecule has 0 radical (unpaired) electrons. The molecular weight excluding hydrogens is 519 g/mol. The fraction of sp³-hybridized carbons (Fsp3) is 0.222. The number of aromatic nitrogens is 6. The standard InChI is InChI=1S/C27H25FN8O4/c1-37-23-11-22-19(10-24(23)39-18-5-7-29-14-18)26(33-15-32-22)34-21-4-3-17(9-20(21)28)40-25-6-8-36(35-25)16-12-30-27(38-2)31-13-16/h3-4,6,8-13,15,18,29H,5,7,14H2,1-2H3,(H,32,33,34)/t18-/m1/s1. The first-order valence-electron chi connectivity index (χ1n) is 12.5. The van der Waals surface area contributed by atoms with E-state index in [1.165, 1.54) is 24.2 Å². The van der Waals surface area contributed by atoms with Crippen molar-refractivity contribution in [1.82, 2.24) is 35.0 Å². The third kappa shape index (κ3) is 5.27. The first-order valence-corrected chi connectivity index (χ1v) is 12.5. The molecule has 2 aromatic carbocycles. The van der Waals surface area contributed by atoms with Crippen molar-refractivity contribution in [2.75, 3.05) is 32.6 Å². The highest BCUT2D eigenvalue weighted by molar-refractivity contribution is 5.93. The van der Waals surface area contributed by atoms with Crippen LogP contribution in [-0.4, -0.2) is 63.1 Å². The number of anilines is 2. The lowest BCUT2D eigenvalue weighted by Crippen LogP contribution is -2.19. The zero-order valence-electron chi connectivity index (χ0n) is 21.7. The molecule has 1 aliphatic rings. The van der Waals surface area contributed by atoms with E-state index in [2.05, 4.69) is 35.7 Å². The van der Waals surface area contributed by atoms with E-state index in [-0.39, 0.29) is 29.4 Å². The number of nitrogens with one attached hydrogen (secondary N) is 2. The summed E-state index contributed by atoms with van der Waals surface area (Å²) >= 11 is 0. The van der Waals surface area contributed by atoms with Crippen LogP contribution in [0.1, 0.15) is 6.42 Å². The van der Waals surface area contributed by atoms with Crippen molar-refractivity contribution in [3.8, 4) is 34.8 Å². The van der Waals surface area contributed by atoms with Gasteiger partial charge in [-0.15, -0.1) is 5.10 Å². The van der Waals surface area contributed by atoms with Gasteiger partial charge < -0.3 is 29.6 Å². The second kappa shape index (κ2) is 11.0. The molecule has 1 atom stereocenters. The lowest BCUT2D eigenvalue weighted by Gasteiger charge is -2.17. The molecule has 4 heterocycles. The Morgan fingerprint density at radius 3 is 2.62 bits per heavy atom. The predicted octanol–water partition coefficient (Wildman–Crippen LogP) is 4.04. The zero-order chi connectivity index (χ0) is 27.5. The fourth-order valence-electron chi connectivity index (χ4n) is 4.27. The molecule has 40 heavy (non-hydrogen) atoms. The van der Waals surface area contributed by atoms with Gasteiger partial charge in [-0.3, -0.25) is 0 Å². The quantitative estimate of drug-likeness (QED) is 0.279. The Morgan fingerprint density at radius 2 is 1.88 bits per heavy atom. The third-order valence-electron chi connectivity index (χ3n) is 6.27. The molecule has 3 aromatic heterocycles. The number of hydrogen-bond acceptors (Lipinski definition) is 11. The number of rotatable bonds is 9. The number of hydrogen-bond donors (Lipinski definition) is 2. The first-order chi connectivity index (χ1) is 19.6. The van der Waals surface area contributed by atoms with E-state index in [0.717, 1.165) is 19.5 Å². The van der Waals surface area contributed by atoms with Crippen LogP contribution in [0.4, 0.5) is 15.9 Å². The van der Waals surface area contributed by atoms with Gasteiger partial charge in [0, 0.05) is 36.3 Å². The number of methoxy groups -OCH3 is 2. The van der Waals surface area contributed by atoms with E-state index in [1.54, 1.807) is 50.0 Å². The van der Waals surface area contributed by atoms with E-state index >= 15 is 4.39 Å². The monoisotopic (exact) mass is 544 g/mol. The predicted molar refractivity (Wildman–Crippen MR) is 143 cm³/mol. The molecule has 0 bridgehead atoms. The minimum Gasteiger partial charge on any atom is -0.493 e. The summed E-state index contributed by atoms with van der Waals surface area (Å²) in [6.07, 6.45) is 7.16. The Labute approximate surface area is 228 Å². The van der Waals surface area contributed by atoms with Gasteiger partial charge in [0.2, 0.25) is 5.88 Å². The SMILES string of the molecule is COc1ncc(-n2ccc(Oc3ccc(Nc4ncnc5cc(OC)c(O[C@@H]6CCNC6)cc45)c(F)c3)n2)cn1. The van der Waals surface area contributed by atoms with Crippen molar-refractivity contribution >= 4 is 22.4 Å². The minimum atomic E-state index is -0.533. The highest BCUT2D eigenvalue weighted by Crippen LogP contribution is 2.36. The van der Waals surface area contributed by atoms with E-state index in [4.69, 9.17) is 18.9 Å². The smallest absolute Gasteiger partial charge is 0.316 e. The second-order valence-corrected chi connectivity index (χ2v) is 8.87. The Morgan fingerprint density at radius 1 is 1.00 bits per heavy atom. The maximum atomic E-state index is 15.2. The molecule has 204 valence electrons. The first kappa shape index (κ1) is 25.2. The van der Waals surface area contributed by atoms with Crippen LogP contribution in [-0.2, 0) is 0 Å². The molecule has 0 unspecified atom stereocenters. The van der Waals surface area contributed by atoms with E-state index in [0.29, 0.717) is 33.9 Å². The van der Waals surface area contributed by atoms with Gasteiger partial charge in [0.15, 0.2) is 11.5 Å². The molecule has 0 spiro atoms. The van der Waals surface area contributed by atoms with Crippen molar-refractivity contribution in [3.63, 3.8) is 0 Å². The highest BCUT2D eigenvalue weighted by Gasteiger charge is 2.20. The van der Waals surface area contributed by atoms with Gasteiger partial charge in [0.05, 0.1) is 37.8 Å². The van der Waals surface area contributed by atoms with Gasteiger partial charge >= 0.3 is 6.01 Å². The second-order valence-electron chi connectivity index (χ2n) is 8.87. The van der Waals surface area contributed by atoms with Gasteiger partial charge in [-0.05, 0) is 31.2 Å². The molecule has 0 amide bonds. The number of nitrogens with zero attached hydrogens (tertiary/aromatic N) is 6. The average Bonchev–Trinajstić information content (AvgIpc) is 3.67. The van der Waals surface area contributed by atoms with Gasteiger partial charge in [0.1, 0.15) is 35.5 Å². The fourth-order valence-corrected chi connectivity index (χ4v) is 4.27. The van der Waals surface area contributed by atoms with Crippen LogP contribution in [0, 0.1) is 5.82 Å². The van der Waals surface area contributed by atoms with Crippen LogP contribution in [0.2, 0.25) is 0 Å². The summed E-state index contributed by atoms with van der Waals surface area (Å²) < 4.78 is 39.1. The van der Waals surface area contributed by atoms with E-state index in [9.17, 15) is 0 Å². The van der Waals surface area contributed by atoms with Crippen molar-refractivity contribution < 1.29 is 23.3 Å². The summed E-state index contributed by atoms with van der Waals surface area (Å²) in [5, 5.41) is 11.3. The minimum absolute atomic E-state index is 0.0355. The molecule has 13 heteroatoms. The summed E-state index contributed by atoms with van der Waals surface area (Å²) in [6, 6.07) is 9.97. The normalized spacial score (nSPS) is 14.7. The largest absolute Gasteiger partial charge is 0.493 e. The number of fused-ring (bicyclic) bond motifs is 1. The molecule has 1 saturated heterocycles. The molecule has 12 nitrogen and oxygen atoms in total. The zero-order valence-corrected chi connectivity index (χ0v) is 21.7. The number of benzene rings is 2. The Balaban J connectivity index is 1.20. The topological polar surface area (TPSA) is 130 Å². The number of ether oxygens (including phenoxy) is 4. The lowest BCUT2D eigenvalue weighted by molar-refractivity contribution is 0.213. The Hall–Kier alpha value is -5.04. The molecule has 6 rings (SSSR count). The molecule has 5 aromatic rings. The summed E-state index contributed by atoms with van der Waals surface area (Å²) in [6.45, 7) is 1.66. The molecule has 2 N–H and O–H groups in total. The third-order valence-corrected chi connectivity index (χ3v) is 6.27. The van der Waals surface area contributed by atoms with Crippen LogP contribution in [0.15, 0.2) is 61.3 Å². The van der Waals surface area contributed by atoms with E-state index < -0.39 is 5.82 Å². The van der Waals surface area contributed by atoms with Crippen molar-refractivity contribution in [1.29, 1.82) is 0 Å². The van der Waals surface area contributed by atoms with Crippen LogP contribution in [0.3, 0.4) is 0 Å². The Bertz CT molecular complexity index is 1640. The number of halogens is 1. The van der Waals surface area contributed by atoms with E-state index in [1.807, 2.05) is 6.07 Å². The van der Waals surface area contributed by atoms with Gasteiger partial charge in [-0.1, -0.05) is 0 Å². The van der Waals surface area contributed by atoms with Crippen LogP contribution >= 0.6 is 0 Å². The summed E-state index contributed by atoms with van der Waals surface area (Å²) in [5.74, 6) is 1.59. The summed E-state index contributed by atoms with van der Waals surface area (Å²) in [7, 11) is 3.07. The van der Waals surface area contributed by atoms with Crippen LogP contribution in [0.5, 0.6) is 29.1 Å². The average molecular weight is 545 g/mol. The lowest BCUT2D eigenvalue weighted by atomic mass is 10.2. The molecule has 0 aliphatic carbocycles. The maximum absolute atomic E-state index is 15.2. The molecular formula is C27H25FN8O4. The van der Waals surface area contributed by atoms with Crippen LogP contribution in [0.25, 0.3) is 16.6 Å². The van der Waals surface area contributed by atoms with Crippen molar-refractivity contribution in [2.24, 2.45) is 0 Å². The Kier molecular flexibility index (Phi) is 6.93. The molecule has 1 aliphatic heterocycles. The maximum Gasteiger partial charge on any atom is 0.316 e. The van der Waals surface area contributed by atoms with Gasteiger partial charge in [-0.2, -0.15) is 0 Å².